The van der Waals surface area contributed by atoms with E-state index < -0.39 is 0 Å². The van der Waals surface area contributed by atoms with Crippen molar-refractivity contribution >= 4 is 27.3 Å². The highest BCUT2D eigenvalue weighted by molar-refractivity contribution is 9.10. The molecule has 2 rings (SSSR count). The van der Waals surface area contributed by atoms with Crippen LogP contribution in [-0.4, -0.2) is 21.2 Å². The first-order valence-electron chi connectivity index (χ1n) is 6.88. The van der Waals surface area contributed by atoms with Crippen molar-refractivity contribution < 1.29 is 4.74 Å². The van der Waals surface area contributed by atoms with Crippen molar-refractivity contribution in [2.24, 2.45) is 0 Å². The van der Waals surface area contributed by atoms with E-state index in [0.717, 1.165) is 15.9 Å². The molecule has 4 heteroatoms. The van der Waals surface area contributed by atoms with Gasteiger partial charge in [0, 0.05) is 42.1 Å². The topological polar surface area (TPSA) is 24.5 Å². The van der Waals surface area contributed by atoms with E-state index in [-0.39, 0.29) is 6.04 Å². The van der Waals surface area contributed by atoms with E-state index in [0.29, 0.717) is 0 Å². The van der Waals surface area contributed by atoms with Crippen LogP contribution >= 0.6 is 15.9 Å². The smallest absolute Gasteiger partial charge is 0.122 e. The molecule has 3 nitrogen and oxygen atoms in total. The Hall–Kier alpha value is -1.68. The number of benzene rings is 2. The second-order valence-electron chi connectivity index (χ2n) is 5.23. The third-order valence-corrected chi connectivity index (χ3v) is 3.86. The van der Waals surface area contributed by atoms with Gasteiger partial charge in [-0.25, -0.2) is 0 Å². The number of nitrogens with zero attached hydrogens (tertiary/aromatic N) is 1. The Morgan fingerprint density at radius 1 is 1.10 bits per heavy atom. The lowest BCUT2D eigenvalue weighted by molar-refractivity contribution is 0.414. The summed E-state index contributed by atoms with van der Waals surface area (Å²) in [6, 6.07) is 14.8. The summed E-state index contributed by atoms with van der Waals surface area (Å²) >= 11 is 3.50. The van der Waals surface area contributed by atoms with Crippen LogP contribution in [0.2, 0.25) is 0 Å². The summed E-state index contributed by atoms with van der Waals surface area (Å²) in [6.07, 6.45) is 0. The normalized spacial score (nSPS) is 11.9. The molecule has 0 aliphatic heterocycles. The number of ether oxygens (including phenoxy) is 1. The van der Waals surface area contributed by atoms with Gasteiger partial charge in [-0.15, -0.1) is 0 Å². The number of methoxy groups -OCH3 is 1. The standard InChI is InChI=1S/C17H21BrN2O/c1-12(13-5-7-16(8-6-13)20(2)3)19-15-9-14(18)10-17(11-15)21-4/h5-12,19H,1-4H3. The molecule has 0 saturated heterocycles. The molecule has 0 aromatic heterocycles. The molecule has 0 saturated carbocycles. The molecule has 112 valence electrons. The summed E-state index contributed by atoms with van der Waals surface area (Å²) in [7, 11) is 5.77. The van der Waals surface area contributed by atoms with Crippen molar-refractivity contribution in [1.29, 1.82) is 0 Å². The second-order valence-corrected chi connectivity index (χ2v) is 6.15. The van der Waals surface area contributed by atoms with E-state index in [1.165, 1.54) is 11.3 Å². The van der Waals surface area contributed by atoms with Crippen LogP contribution in [0.1, 0.15) is 18.5 Å². The van der Waals surface area contributed by atoms with Crippen LogP contribution in [0.3, 0.4) is 0 Å². The minimum absolute atomic E-state index is 0.222. The van der Waals surface area contributed by atoms with E-state index in [1.807, 2.05) is 32.3 Å². The number of halogens is 1. The molecule has 21 heavy (non-hydrogen) atoms. The number of hydrogen-bond donors (Lipinski definition) is 1. The molecule has 0 aliphatic rings. The maximum atomic E-state index is 5.29. The summed E-state index contributed by atoms with van der Waals surface area (Å²) in [5.74, 6) is 0.835. The third kappa shape index (κ3) is 4.14. The molecule has 2 aromatic rings. The van der Waals surface area contributed by atoms with Gasteiger partial charge in [-0.3, -0.25) is 0 Å². The Balaban J connectivity index is 2.13. The van der Waals surface area contributed by atoms with Gasteiger partial charge in [0.1, 0.15) is 5.75 Å². The second kappa shape index (κ2) is 6.85. The zero-order valence-corrected chi connectivity index (χ0v) is 14.4. The third-order valence-electron chi connectivity index (χ3n) is 3.40. The fourth-order valence-electron chi connectivity index (χ4n) is 2.16. The zero-order valence-electron chi connectivity index (χ0n) is 12.9. The Kier molecular flexibility index (Phi) is 5.12. The Labute approximate surface area is 135 Å². The van der Waals surface area contributed by atoms with Gasteiger partial charge < -0.3 is 15.0 Å². The first-order chi connectivity index (χ1) is 9.99. The van der Waals surface area contributed by atoms with E-state index in [1.54, 1.807) is 7.11 Å². The number of hydrogen-bond acceptors (Lipinski definition) is 3. The summed E-state index contributed by atoms with van der Waals surface area (Å²) < 4.78 is 6.29. The monoisotopic (exact) mass is 348 g/mol. The highest BCUT2D eigenvalue weighted by Crippen LogP contribution is 2.28. The van der Waals surface area contributed by atoms with Gasteiger partial charge in [0.2, 0.25) is 0 Å². The Morgan fingerprint density at radius 2 is 1.76 bits per heavy atom. The first-order valence-corrected chi connectivity index (χ1v) is 7.67. The molecule has 0 aliphatic carbocycles. The number of nitrogens with one attached hydrogen (secondary N) is 1. The fourth-order valence-corrected chi connectivity index (χ4v) is 2.63. The van der Waals surface area contributed by atoms with E-state index in [4.69, 9.17) is 4.74 Å². The maximum Gasteiger partial charge on any atom is 0.122 e. The quantitative estimate of drug-likeness (QED) is 0.847. The molecule has 0 radical (unpaired) electrons. The van der Waals surface area contributed by atoms with E-state index in [2.05, 4.69) is 57.3 Å². The largest absolute Gasteiger partial charge is 0.497 e. The zero-order chi connectivity index (χ0) is 15.4. The van der Waals surface area contributed by atoms with Gasteiger partial charge in [0.05, 0.1) is 7.11 Å². The molecule has 0 amide bonds. The molecule has 2 aromatic carbocycles. The van der Waals surface area contributed by atoms with Crippen molar-refractivity contribution in [2.75, 3.05) is 31.4 Å². The van der Waals surface area contributed by atoms with Gasteiger partial charge in [-0.1, -0.05) is 28.1 Å². The molecule has 0 fully saturated rings. The van der Waals surface area contributed by atoms with Crippen molar-refractivity contribution in [2.45, 2.75) is 13.0 Å². The predicted molar refractivity (Wildman–Crippen MR) is 93.5 cm³/mol. The minimum Gasteiger partial charge on any atom is -0.497 e. The minimum atomic E-state index is 0.222. The Bertz CT molecular complexity index is 596. The lowest BCUT2D eigenvalue weighted by Crippen LogP contribution is -2.10. The highest BCUT2D eigenvalue weighted by Gasteiger charge is 2.07. The van der Waals surface area contributed by atoms with E-state index >= 15 is 0 Å². The molecule has 0 heterocycles. The molecular weight excluding hydrogens is 328 g/mol. The van der Waals surface area contributed by atoms with Crippen LogP contribution in [0, 0.1) is 0 Å². The van der Waals surface area contributed by atoms with Crippen molar-refractivity contribution in [1.82, 2.24) is 0 Å². The maximum absolute atomic E-state index is 5.29. The molecule has 0 bridgehead atoms. The van der Waals surface area contributed by atoms with Crippen LogP contribution in [0.15, 0.2) is 46.9 Å². The molecular formula is C17H21BrN2O. The SMILES string of the molecule is COc1cc(Br)cc(NC(C)c2ccc(N(C)C)cc2)c1. The van der Waals surface area contributed by atoms with Crippen LogP contribution in [0.25, 0.3) is 0 Å². The molecule has 1 atom stereocenters. The van der Waals surface area contributed by atoms with Crippen molar-refractivity contribution in [3.05, 3.63) is 52.5 Å². The van der Waals surface area contributed by atoms with Crippen LogP contribution in [0.4, 0.5) is 11.4 Å². The summed E-state index contributed by atoms with van der Waals surface area (Å²) in [6.45, 7) is 2.15. The van der Waals surface area contributed by atoms with Gasteiger partial charge in [0.25, 0.3) is 0 Å². The lowest BCUT2D eigenvalue weighted by Gasteiger charge is -2.18. The van der Waals surface area contributed by atoms with Gasteiger partial charge in [-0.05, 0) is 36.8 Å². The molecule has 1 N–H and O–H groups in total. The lowest BCUT2D eigenvalue weighted by atomic mass is 10.1. The van der Waals surface area contributed by atoms with Gasteiger partial charge in [0.15, 0.2) is 0 Å². The average molecular weight is 349 g/mol. The summed E-state index contributed by atoms with van der Waals surface area (Å²) in [4.78, 5) is 2.10. The fraction of sp³-hybridized carbons (Fsp3) is 0.294. The molecule has 0 spiro atoms. The first kappa shape index (κ1) is 15.7. The van der Waals surface area contributed by atoms with Crippen molar-refractivity contribution in [3.63, 3.8) is 0 Å². The number of anilines is 2. The van der Waals surface area contributed by atoms with E-state index in [9.17, 15) is 0 Å². The van der Waals surface area contributed by atoms with Gasteiger partial charge in [-0.2, -0.15) is 0 Å². The molecule has 1 unspecified atom stereocenters. The predicted octanol–water partition coefficient (Wildman–Crippen LogP) is 4.70. The highest BCUT2D eigenvalue weighted by atomic mass is 79.9. The van der Waals surface area contributed by atoms with Gasteiger partial charge >= 0.3 is 0 Å². The van der Waals surface area contributed by atoms with Crippen LogP contribution in [-0.2, 0) is 0 Å². The summed E-state index contributed by atoms with van der Waals surface area (Å²) in [5, 5.41) is 3.50. The summed E-state index contributed by atoms with van der Waals surface area (Å²) in [5.41, 5.74) is 3.49. The number of rotatable bonds is 5. The average Bonchev–Trinajstić information content (AvgIpc) is 2.46. The van der Waals surface area contributed by atoms with Crippen molar-refractivity contribution in [3.8, 4) is 5.75 Å². The Morgan fingerprint density at radius 3 is 2.33 bits per heavy atom. The van der Waals surface area contributed by atoms with Crippen LogP contribution < -0.4 is 15.0 Å². The van der Waals surface area contributed by atoms with Crippen LogP contribution in [0.5, 0.6) is 5.75 Å².